The molecule has 0 bridgehead atoms. The van der Waals surface area contributed by atoms with Crippen LogP contribution in [0.5, 0.6) is 5.75 Å². The molecule has 1 amide bonds. The zero-order valence-corrected chi connectivity index (χ0v) is 16.4. The number of hydrogen-bond acceptors (Lipinski definition) is 4. The fourth-order valence-corrected chi connectivity index (χ4v) is 3.64. The number of methoxy groups -OCH3 is 2. The van der Waals surface area contributed by atoms with Crippen molar-refractivity contribution in [3.63, 3.8) is 0 Å². The predicted molar refractivity (Wildman–Crippen MR) is 108 cm³/mol. The van der Waals surface area contributed by atoms with Crippen LogP contribution in [-0.2, 0) is 24.4 Å². The molecule has 1 aromatic heterocycles. The molecule has 0 aliphatic heterocycles. The molecule has 140 valence electrons. The Morgan fingerprint density at radius 2 is 1.74 bits per heavy atom. The second-order valence-electron chi connectivity index (χ2n) is 6.18. The lowest BCUT2D eigenvalue weighted by Gasteiger charge is -2.23. The standard InChI is InChI=1S/C22H23NO3S/c1-25-16-17-9-11-18(12-10-17)22(24)23(15-20-7-5-13-27-20)14-19-6-3-4-8-21(19)26-2/h3-13H,14-16H2,1-2H3. The van der Waals surface area contributed by atoms with Gasteiger partial charge in [-0.15, -0.1) is 11.3 Å². The smallest absolute Gasteiger partial charge is 0.254 e. The average molecular weight is 381 g/mol. The SMILES string of the molecule is COCc1ccc(C(=O)N(Cc2cccs2)Cc2ccccc2OC)cc1. The number of thiophene rings is 1. The van der Waals surface area contributed by atoms with E-state index in [1.165, 1.54) is 0 Å². The molecule has 0 fully saturated rings. The van der Waals surface area contributed by atoms with Gasteiger partial charge < -0.3 is 14.4 Å². The summed E-state index contributed by atoms with van der Waals surface area (Å²) < 4.78 is 10.6. The first-order chi connectivity index (χ1) is 13.2. The highest BCUT2D eigenvalue weighted by Crippen LogP contribution is 2.23. The lowest BCUT2D eigenvalue weighted by Crippen LogP contribution is -2.30. The maximum absolute atomic E-state index is 13.2. The van der Waals surface area contributed by atoms with Crippen LogP contribution in [0.2, 0.25) is 0 Å². The Balaban J connectivity index is 1.85. The van der Waals surface area contributed by atoms with Crippen molar-refractivity contribution >= 4 is 17.2 Å². The Hall–Kier alpha value is -2.63. The third kappa shape index (κ3) is 4.96. The summed E-state index contributed by atoms with van der Waals surface area (Å²) in [5, 5.41) is 2.03. The average Bonchev–Trinajstić information content (AvgIpc) is 3.21. The summed E-state index contributed by atoms with van der Waals surface area (Å²) in [6, 6.07) is 19.5. The monoisotopic (exact) mass is 381 g/mol. The summed E-state index contributed by atoms with van der Waals surface area (Å²) >= 11 is 1.65. The molecule has 0 saturated heterocycles. The minimum Gasteiger partial charge on any atom is -0.496 e. The van der Waals surface area contributed by atoms with Gasteiger partial charge in [0.15, 0.2) is 0 Å². The van der Waals surface area contributed by atoms with Crippen molar-refractivity contribution < 1.29 is 14.3 Å². The summed E-state index contributed by atoms with van der Waals surface area (Å²) in [7, 11) is 3.31. The van der Waals surface area contributed by atoms with Gasteiger partial charge in [-0.05, 0) is 35.2 Å². The van der Waals surface area contributed by atoms with E-state index in [2.05, 4.69) is 6.07 Å². The van der Waals surface area contributed by atoms with E-state index in [0.29, 0.717) is 25.3 Å². The van der Waals surface area contributed by atoms with Crippen LogP contribution < -0.4 is 4.74 Å². The molecule has 0 radical (unpaired) electrons. The van der Waals surface area contributed by atoms with Crippen LogP contribution in [0.4, 0.5) is 0 Å². The minimum atomic E-state index is -0.00160. The normalized spacial score (nSPS) is 10.6. The molecule has 4 nitrogen and oxygen atoms in total. The van der Waals surface area contributed by atoms with E-state index >= 15 is 0 Å². The molecule has 3 aromatic rings. The highest BCUT2D eigenvalue weighted by Gasteiger charge is 2.18. The van der Waals surface area contributed by atoms with Crippen LogP contribution >= 0.6 is 11.3 Å². The molecule has 1 heterocycles. The molecular weight excluding hydrogens is 358 g/mol. The number of hydrogen-bond donors (Lipinski definition) is 0. The first-order valence-corrected chi connectivity index (χ1v) is 9.60. The van der Waals surface area contributed by atoms with Gasteiger partial charge in [-0.1, -0.05) is 36.4 Å². The Morgan fingerprint density at radius 1 is 0.963 bits per heavy atom. The van der Waals surface area contributed by atoms with Crippen LogP contribution in [0.1, 0.15) is 26.4 Å². The van der Waals surface area contributed by atoms with E-state index in [1.807, 2.05) is 64.9 Å². The molecule has 5 heteroatoms. The molecular formula is C22H23NO3S. The van der Waals surface area contributed by atoms with Crippen molar-refractivity contribution in [3.8, 4) is 5.75 Å². The van der Waals surface area contributed by atoms with Gasteiger partial charge in [-0.3, -0.25) is 4.79 Å². The van der Waals surface area contributed by atoms with Gasteiger partial charge in [-0.2, -0.15) is 0 Å². The van der Waals surface area contributed by atoms with Gasteiger partial charge in [0.2, 0.25) is 0 Å². The van der Waals surface area contributed by atoms with Crippen LogP contribution in [-0.4, -0.2) is 25.0 Å². The van der Waals surface area contributed by atoms with Crippen molar-refractivity contribution in [1.82, 2.24) is 4.90 Å². The van der Waals surface area contributed by atoms with Gasteiger partial charge in [0.25, 0.3) is 5.91 Å². The van der Waals surface area contributed by atoms with Crippen molar-refractivity contribution in [2.75, 3.05) is 14.2 Å². The zero-order valence-electron chi connectivity index (χ0n) is 15.6. The number of amides is 1. The number of carbonyl (C=O) groups is 1. The summed E-state index contributed by atoms with van der Waals surface area (Å²) in [5.74, 6) is 0.787. The second kappa shape index (κ2) is 9.35. The summed E-state index contributed by atoms with van der Waals surface area (Å²) in [6.07, 6.45) is 0. The lowest BCUT2D eigenvalue weighted by molar-refractivity contribution is 0.0730. The first kappa shape index (κ1) is 19.1. The van der Waals surface area contributed by atoms with Crippen molar-refractivity contribution in [3.05, 3.63) is 87.6 Å². The number of rotatable bonds is 8. The topological polar surface area (TPSA) is 38.8 Å². The minimum absolute atomic E-state index is 0.00160. The van der Waals surface area contributed by atoms with Gasteiger partial charge >= 0.3 is 0 Å². The van der Waals surface area contributed by atoms with Gasteiger partial charge in [-0.25, -0.2) is 0 Å². The van der Waals surface area contributed by atoms with Crippen LogP contribution in [0.3, 0.4) is 0 Å². The number of nitrogens with zero attached hydrogens (tertiary/aromatic N) is 1. The summed E-state index contributed by atoms with van der Waals surface area (Å²) in [4.78, 5) is 16.2. The number of ether oxygens (including phenoxy) is 2. The van der Waals surface area contributed by atoms with Crippen molar-refractivity contribution in [2.45, 2.75) is 19.7 Å². The number of para-hydroxylation sites is 1. The summed E-state index contributed by atoms with van der Waals surface area (Å²) in [6.45, 7) is 1.59. The summed E-state index contributed by atoms with van der Waals surface area (Å²) in [5.41, 5.74) is 2.70. The molecule has 0 atom stereocenters. The highest BCUT2D eigenvalue weighted by molar-refractivity contribution is 7.09. The van der Waals surface area contributed by atoms with E-state index in [0.717, 1.165) is 21.8 Å². The van der Waals surface area contributed by atoms with E-state index in [-0.39, 0.29) is 5.91 Å². The van der Waals surface area contributed by atoms with Crippen molar-refractivity contribution in [2.24, 2.45) is 0 Å². The molecule has 27 heavy (non-hydrogen) atoms. The molecule has 0 spiro atoms. The molecule has 0 N–H and O–H groups in total. The maximum atomic E-state index is 13.2. The zero-order chi connectivity index (χ0) is 19.1. The third-order valence-electron chi connectivity index (χ3n) is 4.28. The van der Waals surface area contributed by atoms with Crippen LogP contribution in [0.15, 0.2) is 66.0 Å². The Bertz CT molecular complexity index is 860. The second-order valence-corrected chi connectivity index (χ2v) is 7.21. The lowest BCUT2D eigenvalue weighted by atomic mass is 10.1. The quantitative estimate of drug-likeness (QED) is 0.565. The number of benzene rings is 2. The van der Waals surface area contributed by atoms with Gasteiger partial charge in [0.05, 0.1) is 26.8 Å². The molecule has 3 rings (SSSR count). The fourth-order valence-electron chi connectivity index (χ4n) is 2.92. The van der Waals surface area contributed by atoms with E-state index in [9.17, 15) is 4.79 Å². The maximum Gasteiger partial charge on any atom is 0.254 e. The van der Waals surface area contributed by atoms with Crippen molar-refractivity contribution in [1.29, 1.82) is 0 Å². The molecule has 0 saturated carbocycles. The van der Waals surface area contributed by atoms with Crippen LogP contribution in [0, 0.1) is 0 Å². The Kier molecular flexibility index (Phi) is 6.63. The Morgan fingerprint density at radius 3 is 2.41 bits per heavy atom. The molecule has 0 aliphatic carbocycles. The Labute approximate surface area is 164 Å². The van der Waals surface area contributed by atoms with Gasteiger partial charge in [0.1, 0.15) is 5.75 Å². The largest absolute Gasteiger partial charge is 0.496 e. The molecule has 0 aliphatic rings. The fraction of sp³-hybridized carbons (Fsp3) is 0.227. The predicted octanol–water partition coefficient (Wildman–Crippen LogP) is 4.75. The van der Waals surface area contributed by atoms with Crippen LogP contribution in [0.25, 0.3) is 0 Å². The van der Waals surface area contributed by atoms with E-state index in [4.69, 9.17) is 9.47 Å². The third-order valence-corrected chi connectivity index (χ3v) is 5.14. The molecule has 0 unspecified atom stereocenters. The highest BCUT2D eigenvalue weighted by atomic mass is 32.1. The van der Waals surface area contributed by atoms with E-state index < -0.39 is 0 Å². The molecule has 2 aromatic carbocycles. The van der Waals surface area contributed by atoms with E-state index in [1.54, 1.807) is 25.6 Å². The first-order valence-electron chi connectivity index (χ1n) is 8.72. The number of carbonyl (C=O) groups excluding carboxylic acids is 1. The van der Waals surface area contributed by atoms with Gasteiger partial charge in [0, 0.05) is 23.1 Å².